The number of halogens is 1. The summed E-state index contributed by atoms with van der Waals surface area (Å²) in [7, 11) is 0. The van der Waals surface area contributed by atoms with Gasteiger partial charge in [0.15, 0.2) is 17.3 Å². The summed E-state index contributed by atoms with van der Waals surface area (Å²) in [6.07, 6.45) is 3.73. The van der Waals surface area contributed by atoms with Crippen LogP contribution in [0.1, 0.15) is 48.1 Å². The molecular formula is C33H21ClN2O5. The van der Waals surface area contributed by atoms with E-state index in [0.29, 0.717) is 27.4 Å². The van der Waals surface area contributed by atoms with E-state index in [-0.39, 0.29) is 22.8 Å². The first-order chi connectivity index (χ1) is 19.8. The van der Waals surface area contributed by atoms with Gasteiger partial charge in [0.2, 0.25) is 0 Å². The number of fused-ring (bicyclic) bond motifs is 5. The number of benzene rings is 4. The highest BCUT2D eigenvalue weighted by Gasteiger charge is 2.71. The molecule has 3 atom stereocenters. The molecule has 0 unspecified atom stereocenters. The predicted octanol–water partition coefficient (Wildman–Crippen LogP) is 6.56. The Bertz CT molecular complexity index is 1790. The minimum atomic E-state index is -1.65. The third-order valence-corrected chi connectivity index (χ3v) is 8.80. The average Bonchev–Trinajstić information content (AvgIpc) is 3.43. The van der Waals surface area contributed by atoms with Crippen molar-refractivity contribution in [2.24, 2.45) is 5.41 Å². The Morgan fingerprint density at radius 1 is 0.854 bits per heavy atom. The van der Waals surface area contributed by atoms with Gasteiger partial charge in [0.05, 0.1) is 11.0 Å². The number of Topliss-reactive ketones (excluding diaryl/α,β-unsaturated/α-hetero) is 3. The summed E-state index contributed by atoms with van der Waals surface area (Å²) < 4.78 is 0. The van der Waals surface area contributed by atoms with Crippen LogP contribution in [0.5, 0.6) is 0 Å². The van der Waals surface area contributed by atoms with Gasteiger partial charge in [-0.25, -0.2) is 0 Å². The van der Waals surface area contributed by atoms with E-state index in [0.717, 1.165) is 5.56 Å². The summed E-state index contributed by atoms with van der Waals surface area (Å²) in [4.78, 5) is 56.7. The maximum Gasteiger partial charge on any atom is 0.270 e. The fourth-order valence-electron chi connectivity index (χ4n) is 6.90. The number of hydrogen-bond donors (Lipinski definition) is 0. The average molecular weight is 561 g/mol. The molecule has 4 aromatic carbocycles. The largest absolute Gasteiger partial charge is 0.352 e. The number of hydrogen-bond acceptors (Lipinski definition) is 6. The first-order valence-electron chi connectivity index (χ1n) is 13.1. The molecule has 41 heavy (non-hydrogen) atoms. The molecule has 1 aliphatic carbocycles. The number of ketones is 3. The highest BCUT2D eigenvalue weighted by molar-refractivity contribution is 6.32. The number of non-ortho nitro benzene ring substituents is 1. The third kappa shape index (κ3) is 3.42. The monoisotopic (exact) mass is 560 g/mol. The molecular weight excluding hydrogens is 540 g/mol. The molecule has 2 aliphatic heterocycles. The van der Waals surface area contributed by atoms with E-state index in [1.165, 1.54) is 24.3 Å². The normalized spacial score (nSPS) is 21.5. The van der Waals surface area contributed by atoms with Crippen molar-refractivity contribution in [1.29, 1.82) is 0 Å². The molecule has 0 aromatic heterocycles. The summed E-state index contributed by atoms with van der Waals surface area (Å²) in [6.45, 7) is 0. The van der Waals surface area contributed by atoms with E-state index in [1.807, 2.05) is 41.3 Å². The minimum Gasteiger partial charge on any atom is -0.352 e. The lowest BCUT2D eigenvalue weighted by Crippen LogP contribution is -2.48. The van der Waals surface area contributed by atoms with Gasteiger partial charge < -0.3 is 4.90 Å². The van der Waals surface area contributed by atoms with E-state index < -0.39 is 34.1 Å². The Kier molecular flexibility index (Phi) is 5.56. The molecule has 0 bridgehead atoms. The first kappa shape index (κ1) is 25.1. The lowest BCUT2D eigenvalue weighted by atomic mass is 9.64. The van der Waals surface area contributed by atoms with Crippen LogP contribution >= 0.6 is 11.6 Å². The molecule has 200 valence electrons. The Morgan fingerprint density at radius 3 is 2.20 bits per heavy atom. The van der Waals surface area contributed by atoms with Crippen molar-refractivity contribution in [3.8, 4) is 0 Å². The lowest BCUT2D eigenvalue weighted by molar-refractivity contribution is -0.384. The van der Waals surface area contributed by atoms with Gasteiger partial charge in [-0.2, -0.15) is 0 Å². The molecule has 0 N–H and O–H groups in total. The Labute approximate surface area is 239 Å². The van der Waals surface area contributed by atoms with Crippen LogP contribution < -0.4 is 4.90 Å². The number of nitro benzene ring substituents is 1. The van der Waals surface area contributed by atoms with Gasteiger partial charge in [-0.1, -0.05) is 90.5 Å². The molecule has 8 heteroatoms. The zero-order valence-corrected chi connectivity index (χ0v) is 22.2. The molecule has 7 rings (SSSR count). The number of rotatable bonds is 4. The van der Waals surface area contributed by atoms with Crippen molar-refractivity contribution in [3.05, 3.63) is 146 Å². The Morgan fingerprint density at radius 2 is 1.51 bits per heavy atom. The van der Waals surface area contributed by atoms with Gasteiger partial charge in [0, 0.05) is 45.5 Å². The fourth-order valence-corrected chi connectivity index (χ4v) is 7.03. The number of nitrogens with zero attached hydrogens (tertiary/aromatic N) is 2. The first-order valence-corrected chi connectivity index (χ1v) is 13.5. The van der Waals surface area contributed by atoms with Crippen molar-refractivity contribution in [2.75, 3.05) is 4.90 Å². The fraction of sp³-hybridized carbons (Fsp3) is 0.121. The van der Waals surface area contributed by atoms with Crippen molar-refractivity contribution >= 4 is 46.4 Å². The number of anilines is 1. The van der Waals surface area contributed by atoms with E-state index in [4.69, 9.17) is 11.6 Å². The van der Waals surface area contributed by atoms with Crippen LogP contribution in [-0.2, 0) is 0 Å². The van der Waals surface area contributed by atoms with Gasteiger partial charge >= 0.3 is 0 Å². The topological polar surface area (TPSA) is 97.6 Å². The highest BCUT2D eigenvalue weighted by atomic mass is 35.5. The van der Waals surface area contributed by atoms with Crippen LogP contribution in [0.15, 0.2) is 103 Å². The van der Waals surface area contributed by atoms with Gasteiger partial charge in [-0.05, 0) is 29.3 Å². The van der Waals surface area contributed by atoms with Crippen molar-refractivity contribution in [1.82, 2.24) is 0 Å². The summed E-state index contributed by atoms with van der Waals surface area (Å²) in [5.74, 6) is -2.02. The quantitative estimate of drug-likeness (QED) is 0.121. The van der Waals surface area contributed by atoms with E-state index in [1.54, 1.807) is 48.5 Å². The smallest absolute Gasteiger partial charge is 0.270 e. The standard InChI is InChI=1S/C33H21ClN2O5/c34-22-15-12-20(13-16-22)28-29(30(37)21-7-5-8-23(18-21)36(40)41)35-26-11-4-1-6-19(26)14-17-27(35)33(28)31(38)24-9-2-3-10-25(24)32(33)39/h1-18,27-29H/t27-,28-,29+/m0/s1. The van der Waals surface area contributed by atoms with Gasteiger partial charge in [0.1, 0.15) is 11.5 Å². The number of nitro groups is 1. The van der Waals surface area contributed by atoms with Gasteiger partial charge in [-0.3, -0.25) is 24.5 Å². The van der Waals surface area contributed by atoms with Crippen LogP contribution in [0.3, 0.4) is 0 Å². The molecule has 0 radical (unpaired) electrons. The molecule has 3 aliphatic rings. The molecule has 4 aromatic rings. The predicted molar refractivity (Wildman–Crippen MR) is 155 cm³/mol. The van der Waals surface area contributed by atoms with E-state index in [2.05, 4.69) is 0 Å². The van der Waals surface area contributed by atoms with Crippen LogP contribution in [0, 0.1) is 15.5 Å². The second-order valence-electron chi connectivity index (χ2n) is 10.5. The molecule has 1 saturated heterocycles. The number of para-hydroxylation sites is 1. The number of carbonyl (C=O) groups excluding carboxylic acids is 3. The third-order valence-electron chi connectivity index (χ3n) is 8.55. The zero-order chi connectivity index (χ0) is 28.5. The van der Waals surface area contributed by atoms with E-state index >= 15 is 0 Å². The van der Waals surface area contributed by atoms with Crippen LogP contribution in [0.25, 0.3) is 6.08 Å². The maximum atomic E-state index is 14.6. The molecule has 7 nitrogen and oxygen atoms in total. The Balaban J connectivity index is 1.54. The van der Waals surface area contributed by atoms with Crippen LogP contribution in [0.4, 0.5) is 11.4 Å². The molecule has 0 saturated carbocycles. The van der Waals surface area contributed by atoms with Crippen molar-refractivity contribution in [2.45, 2.75) is 18.0 Å². The molecule has 1 spiro atoms. The second-order valence-corrected chi connectivity index (χ2v) is 10.9. The van der Waals surface area contributed by atoms with Gasteiger partial charge in [-0.15, -0.1) is 0 Å². The van der Waals surface area contributed by atoms with Crippen LogP contribution in [0.2, 0.25) is 5.02 Å². The second kappa shape index (κ2) is 9.08. The molecule has 1 fully saturated rings. The maximum absolute atomic E-state index is 14.6. The lowest BCUT2D eigenvalue weighted by Gasteiger charge is -2.37. The van der Waals surface area contributed by atoms with Crippen molar-refractivity contribution in [3.63, 3.8) is 0 Å². The summed E-state index contributed by atoms with van der Waals surface area (Å²) in [5.41, 5.74) is 1.05. The number of carbonyl (C=O) groups is 3. The molecule has 2 heterocycles. The summed E-state index contributed by atoms with van der Waals surface area (Å²) in [6, 6.07) is 24.9. The van der Waals surface area contributed by atoms with Crippen molar-refractivity contribution < 1.29 is 19.3 Å². The highest BCUT2D eigenvalue weighted by Crippen LogP contribution is 2.61. The molecule has 0 amide bonds. The van der Waals surface area contributed by atoms with E-state index in [9.17, 15) is 24.5 Å². The summed E-state index contributed by atoms with van der Waals surface area (Å²) in [5, 5.41) is 12.1. The van der Waals surface area contributed by atoms with Gasteiger partial charge in [0.25, 0.3) is 5.69 Å². The summed E-state index contributed by atoms with van der Waals surface area (Å²) >= 11 is 6.24. The SMILES string of the molecule is O=C(c1cccc([N+](=O)[O-])c1)[C@H]1[C@H](c2ccc(Cl)cc2)C2(C(=O)c3ccccc3C2=O)[C@@H]2C=Cc3ccccc3N21. The zero-order valence-electron chi connectivity index (χ0n) is 21.4. The van der Waals surface area contributed by atoms with Crippen LogP contribution in [-0.4, -0.2) is 34.4 Å². The Hall–Kier alpha value is -4.88. The minimum absolute atomic E-state index is 0.126.